The molecule has 1 N–H and O–H groups in total. The number of aliphatic hydroxyl groups excluding tert-OH is 1. The molecule has 1 aliphatic heterocycles. The molecular formula is C20H23N2O2. The Bertz CT molecular complexity index is 687. The molecule has 0 amide bonds. The van der Waals surface area contributed by atoms with E-state index < -0.39 is 0 Å². The van der Waals surface area contributed by atoms with Crippen LogP contribution in [0.25, 0.3) is 0 Å². The van der Waals surface area contributed by atoms with Crippen molar-refractivity contribution < 1.29 is 9.90 Å². The van der Waals surface area contributed by atoms with E-state index in [0.29, 0.717) is 13.1 Å². The highest BCUT2D eigenvalue weighted by Crippen LogP contribution is 2.33. The SMILES string of the molecule is Cc1cccc([C@H]2[CH]CN(CCO)C[C@@H]2C(=O)c2ccccc2)n1. The van der Waals surface area contributed by atoms with Crippen molar-refractivity contribution in [3.05, 3.63) is 71.9 Å². The molecule has 4 heteroatoms. The van der Waals surface area contributed by atoms with Crippen molar-refractivity contribution in [1.82, 2.24) is 9.88 Å². The maximum Gasteiger partial charge on any atom is 0.167 e. The molecule has 125 valence electrons. The number of piperidine rings is 1. The molecule has 1 aromatic heterocycles. The van der Waals surface area contributed by atoms with Crippen LogP contribution in [0.3, 0.4) is 0 Å². The summed E-state index contributed by atoms with van der Waals surface area (Å²) in [6, 6.07) is 15.4. The number of likely N-dealkylation sites (tertiary alicyclic amines) is 1. The highest BCUT2D eigenvalue weighted by atomic mass is 16.3. The Morgan fingerprint density at radius 3 is 2.71 bits per heavy atom. The molecule has 1 radical (unpaired) electrons. The number of aryl methyl sites for hydroxylation is 1. The van der Waals surface area contributed by atoms with E-state index in [1.165, 1.54) is 0 Å². The first-order chi connectivity index (χ1) is 11.7. The van der Waals surface area contributed by atoms with Crippen LogP contribution in [-0.2, 0) is 0 Å². The second-order valence-electron chi connectivity index (χ2n) is 6.29. The number of ketones is 1. The summed E-state index contributed by atoms with van der Waals surface area (Å²) in [6.45, 7) is 4.07. The molecule has 0 unspecified atom stereocenters. The van der Waals surface area contributed by atoms with Crippen LogP contribution in [0.4, 0.5) is 0 Å². The van der Waals surface area contributed by atoms with E-state index >= 15 is 0 Å². The Morgan fingerprint density at radius 2 is 2.00 bits per heavy atom. The summed E-state index contributed by atoms with van der Waals surface area (Å²) in [4.78, 5) is 19.8. The molecule has 2 aromatic rings. The summed E-state index contributed by atoms with van der Waals surface area (Å²) in [5.41, 5.74) is 2.65. The van der Waals surface area contributed by atoms with Gasteiger partial charge in [-0.15, -0.1) is 0 Å². The average molecular weight is 323 g/mol. The van der Waals surface area contributed by atoms with Gasteiger partial charge in [0, 0.05) is 48.4 Å². The minimum Gasteiger partial charge on any atom is -0.395 e. The molecule has 0 spiro atoms. The molecule has 0 bridgehead atoms. The van der Waals surface area contributed by atoms with Crippen molar-refractivity contribution in [2.75, 3.05) is 26.2 Å². The molecule has 0 aliphatic carbocycles. The maximum absolute atomic E-state index is 13.1. The number of aliphatic hydroxyl groups is 1. The standard InChI is InChI=1S/C20H23N2O2/c1-15-6-5-9-19(21-15)17-10-11-22(12-13-23)14-18(17)20(24)16-7-3-2-4-8-16/h2-10,17-18,23H,11-14H2,1H3/t17-,18-/m0/s1. The lowest BCUT2D eigenvalue weighted by molar-refractivity contribution is 0.0805. The molecule has 0 saturated carbocycles. The molecule has 1 fully saturated rings. The fourth-order valence-electron chi connectivity index (χ4n) is 3.36. The quantitative estimate of drug-likeness (QED) is 0.859. The van der Waals surface area contributed by atoms with Gasteiger partial charge in [-0.2, -0.15) is 0 Å². The van der Waals surface area contributed by atoms with E-state index in [0.717, 1.165) is 23.5 Å². The average Bonchev–Trinajstić information content (AvgIpc) is 2.62. The first-order valence-electron chi connectivity index (χ1n) is 8.38. The van der Waals surface area contributed by atoms with Crippen LogP contribution in [0, 0.1) is 19.3 Å². The van der Waals surface area contributed by atoms with Gasteiger partial charge in [-0.05, 0) is 25.5 Å². The number of Topliss-reactive ketones (excluding diaryl/α,β-unsaturated/α-hetero) is 1. The highest BCUT2D eigenvalue weighted by molar-refractivity contribution is 5.98. The zero-order chi connectivity index (χ0) is 16.9. The summed E-state index contributed by atoms with van der Waals surface area (Å²) >= 11 is 0. The minimum atomic E-state index is -0.179. The van der Waals surface area contributed by atoms with Crippen LogP contribution in [0.5, 0.6) is 0 Å². The molecule has 24 heavy (non-hydrogen) atoms. The van der Waals surface area contributed by atoms with Gasteiger partial charge in [-0.1, -0.05) is 36.4 Å². The smallest absolute Gasteiger partial charge is 0.167 e. The normalized spacial score (nSPS) is 21.6. The lowest BCUT2D eigenvalue weighted by Gasteiger charge is -2.37. The zero-order valence-electron chi connectivity index (χ0n) is 13.9. The number of hydrogen-bond donors (Lipinski definition) is 1. The fourth-order valence-corrected chi connectivity index (χ4v) is 3.36. The lowest BCUT2D eigenvalue weighted by atomic mass is 9.78. The molecule has 2 heterocycles. The Kier molecular flexibility index (Phi) is 5.38. The molecule has 3 rings (SSSR count). The monoisotopic (exact) mass is 323 g/mol. The summed E-state index contributed by atoms with van der Waals surface area (Å²) < 4.78 is 0. The summed E-state index contributed by atoms with van der Waals surface area (Å²) in [5, 5.41) is 9.23. The number of benzene rings is 1. The Morgan fingerprint density at radius 1 is 1.21 bits per heavy atom. The molecule has 4 nitrogen and oxygen atoms in total. The van der Waals surface area contributed by atoms with E-state index in [-0.39, 0.29) is 24.2 Å². The first kappa shape index (κ1) is 16.8. The van der Waals surface area contributed by atoms with Crippen LogP contribution in [0.1, 0.15) is 27.7 Å². The predicted octanol–water partition coefficient (Wildman–Crippen LogP) is 2.48. The molecule has 1 aliphatic rings. The van der Waals surface area contributed by atoms with Crippen molar-refractivity contribution >= 4 is 5.78 Å². The molecule has 1 saturated heterocycles. The number of carbonyl (C=O) groups is 1. The molecular weight excluding hydrogens is 300 g/mol. The van der Waals surface area contributed by atoms with Crippen LogP contribution in [0.2, 0.25) is 0 Å². The number of pyridine rings is 1. The molecule has 1 aromatic carbocycles. The van der Waals surface area contributed by atoms with Gasteiger partial charge in [-0.25, -0.2) is 0 Å². The van der Waals surface area contributed by atoms with Crippen molar-refractivity contribution in [1.29, 1.82) is 0 Å². The lowest BCUT2D eigenvalue weighted by Crippen LogP contribution is -2.44. The Labute approximate surface area is 143 Å². The zero-order valence-corrected chi connectivity index (χ0v) is 13.9. The van der Waals surface area contributed by atoms with E-state index in [9.17, 15) is 9.90 Å². The first-order valence-corrected chi connectivity index (χ1v) is 8.38. The van der Waals surface area contributed by atoms with E-state index in [2.05, 4.69) is 16.3 Å². The van der Waals surface area contributed by atoms with Crippen molar-refractivity contribution in [3.63, 3.8) is 0 Å². The highest BCUT2D eigenvalue weighted by Gasteiger charge is 2.36. The number of nitrogens with zero attached hydrogens (tertiary/aromatic N) is 2. The van der Waals surface area contributed by atoms with Crippen LogP contribution in [0.15, 0.2) is 48.5 Å². The second-order valence-corrected chi connectivity index (χ2v) is 6.29. The van der Waals surface area contributed by atoms with Crippen molar-refractivity contribution in [2.24, 2.45) is 5.92 Å². The maximum atomic E-state index is 13.1. The number of β-amino-alcohol motifs (C(OH)–C–C–N with tert-alkyl or cyclic N) is 1. The van der Waals surface area contributed by atoms with Crippen LogP contribution in [-0.4, -0.2) is 47.0 Å². The summed E-state index contributed by atoms with van der Waals surface area (Å²) in [5.74, 6) is -0.0302. The van der Waals surface area contributed by atoms with Gasteiger partial charge in [0.05, 0.1) is 6.61 Å². The van der Waals surface area contributed by atoms with Gasteiger partial charge < -0.3 is 5.11 Å². The molecule has 2 atom stereocenters. The Hall–Kier alpha value is -2.04. The predicted molar refractivity (Wildman–Crippen MR) is 93.8 cm³/mol. The van der Waals surface area contributed by atoms with E-state index in [4.69, 9.17) is 0 Å². The van der Waals surface area contributed by atoms with E-state index in [1.54, 1.807) is 0 Å². The number of carbonyl (C=O) groups excluding carboxylic acids is 1. The van der Waals surface area contributed by atoms with Gasteiger partial charge in [0.15, 0.2) is 5.78 Å². The van der Waals surface area contributed by atoms with Crippen LogP contribution >= 0.6 is 0 Å². The summed E-state index contributed by atoms with van der Waals surface area (Å²) in [6.07, 6.45) is 2.16. The van der Waals surface area contributed by atoms with E-state index in [1.807, 2.05) is 55.5 Å². The third kappa shape index (κ3) is 3.71. The Balaban J connectivity index is 1.90. The minimum absolute atomic E-state index is 0.00699. The number of aromatic nitrogens is 1. The largest absolute Gasteiger partial charge is 0.395 e. The number of rotatable bonds is 5. The topological polar surface area (TPSA) is 53.4 Å². The van der Waals surface area contributed by atoms with Gasteiger partial charge in [0.1, 0.15) is 0 Å². The van der Waals surface area contributed by atoms with Gasteiger partial charge >= 0.3 is 0 Å². The summed E-state index contributed by atoms with van der Waals surface area (Å²) in [7, 11) is 0. The second kappa shape index (κ2) is 7.69. The van der Waals surface area contributed by atoms with Gasteiger partial charge in [-0.3, -0.25) is 14.7 Å². The third-order valence-corrected chi connectivity index (χ3v) is 4.57. The van der Waals surface area contributed by atoms with Gasteiger partial charge in [0.2, 0.25) is 0 Å². The van der Waals surface area contributed by atoms with Crippen LogP contribution < -0.4 is 0 Å². The number of hydrogen-bond acceptors (Lipinski definition) is 4. The van der Waals surface area contributed by atoms with Crippen molar-refractivity contribution in [2.45, 2.75) is 12.8 Å². The third-order valence-electron chi connectivity index (χ3n) is 4.57. The van der Waals surface area contributed by atoms with Crippen molar-refractivity contribution in [3.8, 4) is 0 Å². The van der Waals surface area contributed by atoms with Gasteiger partial charge in [0.25, 0.3) is 0 Å². The fraction of sp³-hybridized carbons (Fsp3) is 0.350.